The summed E-state index contributed by atoms with van der Waals surface area (Å²) in [6.45, 7) is 6.32. The van der Waals surface area contributed by atoms with Gasteiger partial charge in [0.1, 0.15) is 11.6 Å². The SMILES string of the molecule is CCC(C)Cc1nnc2n1CCC(CN)C2. The van der Waals surface area contributed by atoms with E-state index in [-0.39, 0.29) is 0 Å². The van der Waals surface area contributed by atoms with E-state index in [1.165, 1.54) is 18.7 Å². The molecule has 2 atom stereocenters. The Balaban J connectivity index is 2.10. The Morgan fingerprint density at radius 1 is 1.50 bits per heavy atom. The maximum atomic E-state index is 5.71. The summed E-state index contributed by atoms with van der Waals surface area (Å²) in [6.07, 6.45) is 4.43. The average molecular weight is 222 g/mol. The number of rotatable bonds is 4. The fourth-order valence-corrected chi connectivity index (χ4v) is 2.26. The van der Waals surface area contributed by atoms with Crippen molar-refractivity contribution in [2.75, 3.05) is 6.54 Å². The first-order valence-corrected chi connectivity index (χ1v) is 6.35. The molecule has 0 fully saturated rings. The van der Waals surface area contributed by atoms with Crippen LogP contribution in [0, 0.1) is 11.8 Å². The fourth-order valence-electron chi connectivity index (χ4n) is 2.26. The predicted molar refractivity (Wildman–Crippen MR) is 64.0 cm³/mol. The van der Waals surface area contributed by atoms with Crippen LogP contribution in [0.15, 0.2) is 0 Å². The highest BCUT2D eigenvalue weighted by Gasteiger charge is 2.22. The van der Waals surface area contributed by atoms with Crippen molar-refractivity contribution in [2.24, 2.45) is 17.6 Å². The van der Waals surface area contributed by atoms with E-state index in [4.69, 9.17) is 5.73 Å². The van der Waals surface area contributed by atoms with Crippen LogP contribution in [-0.4, -0.2) is 21.3 Å². The van der Waals surface area contributed by atoms with Gasteiger partial charge in [0.15, 0.2) is 0 Å². The molecule has 0 spiro atoms. The van der Waals surface area contributed by atoms with E-state index in [0.29, 0.717) is 11.8 Å². The highest BCUT2D eigenvalue weighted by Crippen LogP contribution is 2.21. The molecule has 4 heteroatoms. The molecule has 1 aliphatic heterocycles. The maximum absolute atomic E-state index is 5.71. The topological polar surface area (TPSA) is 56.7 Å². The Kier molecular flexibility index (Phi) is 3.59. The van der Waals surface area contributed by atoms with Crippen LogP contribution in [0.1, 0.15) is 38.3 Å². The molecule has 0 aromatic carbocycles. The Bertz CT molecular complexity index is 345. The fraction of sp³-hybridized carbons (Fsp3) is 0.833. The Morgan fingerprint density at radius 2 is 2.31 bits per heavy atom. The molecule has 0 bridgehead atoms. The van der Waals surface area contributed by atoms with E-state index in [2.05, 4.69) is 28.6 Å². The molecule has 0 saturated carbocycles. The highest BCUT2D eigenvalue weighted by atomic mass is 15.3. The van der Waals surface area contributed by atoms with E-state index in [1.807, 2.05) is 0 Å². The zero-order valence-electron chi connectivity index (χ0n) is 10.3. The molecular weight excluding hydrogens is 200 g/mol. The lowest BCUT2D eigenvalue weighted by Crippen LogP contribution is -2.26. The van der Waals surface area contributed by atoms with E-state index in [9.17, 15) is 0 Å². The Labute approximate surface area is 97.2 Å². The van der Waals surface area contributed by atoms with Crippen LogP contribution in [-0.2, 0) is 19.4 Å². The molecule has 1 aliphatic rings. The van der Waals surface area contributed by atoms with Crippen molar-refractivity contribution in [3.8, 4) is 0 Å². The third-order valence-corrected chi connectivity index (χ3v) is 3.70. The van der Waals surface area contributed by atoms with Crippen LogP contribution in [0.3, 0.4) is 0 Å². The van der Waals surface area contributed by atoms with Gasteiger partial charge in [-0.1, -0.05) is 20.3 Å². The van der Waals surface area contributed by atoms with Gasteiger partial charge in [0.25, 0.3) is 0 Å². The second kappa shape index (κ2) is 4.95. The molecule has 1 aromatic heterocycles. The molecule has 0 aliphatic carbocycles. The minimum atomic E-state index is 0.605. The lowest BCUT2D eigenvalue weighted by Gasteiger charge is -2.22. The van der Waals surface area contributed by atoms with Gasteiger partial charge in [0, 0.05) is 19.4 Å². The second-order valence-electron chi connectivity index (χ2n) is 5.00. The third-order valence-electron chi connectivity index (χ3n) is 3.70. The first kappa shape index (κ1) is 11.6. The lowest BCUT2D eigenvalue weighted by atomic mass is 9.97. The highest BCUT2D eigenvalue weighted by molar-refractivity contribution is 5.01. The van der Waals surface area contributed by atoms with Crippen molar-refractivity contribution in [3.05, 3.63) is 11.6 Å². The average Bonchev–Trinajstić information content (AvgIpc) is 2.71. The number of nitrogens with two attached hydrogens (primary N) is 1. The van der Waals surface area contributed by atoms with Crippen molar-refractivity contribution in [1.82, 2.24) is 14.8 Å². The van der Waals surface area contributed by atoms with Gasteiger partial charge in [-0.15, -0.1) is 10.2 Å². The minimum absolute atomic E-state index is 0.605. The van der Waals surface area contributed by atoms with Crippen molar-refractivity contribution in [3.63, 3.8) is 0 Å². The third kappa shape index (κ3) is 2.26. The molecule has 90 valence electrons. The number of hydrogen-bond donors (Lipinski definition) is 1. The van der Waals surface area contributed by atoms with E-state index in [1.54, 1.807) is 0 Å². The standard InChI is InChI=1S/C12H22N4/c1-3-9(2)6-11-14-15-12-7-10(8-13)4-5-16(11)12/h9-10H,3-8,13H2,1-2H3. The summed E-state index contributed by atoms with van der Waals surface area (Å²) in [6, 6.07) is 0. The summed E-state index contributed by atoms with van der Waals surface area (Å²) in [5.41, 5.74) is 5.71. The molecule has 4 nitrogen and oxygen atoms in total. The summed E-state index contributed by atoms with van der Waals surface area (Å²) in [7, 11) is 0. The summed E-state index contributed by atoms with van der Waals surface area (Å²) < 4.78 is 2.30. The van der Waals surface area contributed by atoms with Crippen LogP contribution in [0.5, 0.6) is 0 Å². The van der Waals surface area contributed by atoms with Crippen LogP contribution in [0.4, 0.5) is 0 Å². The quantitative estimate of drug-likeness (QED) is 0.837. The molecule has 2 unspecified atom stereocenters. The normalized spacial score (nSPS) is 21.8. The molecule has 2 heterocycles. The van der Waals surface area contributed by atoms with E-state index >= 15 is 0 Å². The van der Waals surface area contributed by atoms with Crippen LogP contribution < -0.4 is 5.73 Å². The molecule has 16 heavy (non-hydrogen) atoms. The smallest absolute Gasteiger partial charge is 0.133 e. The number of hydrogen-bond acceptors (Lipinski definition) is 3. The Hall–Kier alpha value is -0.900. The van der Waals surface area contributed by atoms with Crippen molar-refractivity contribution in [2.45, 2.75) is 46.1 Å². The number of aromatic nitrogens is 3. The van der Waals surface area contributed by atoms with Crippen LogP contribution >= 0.6 is 0 Å². The zero-order valence-corrected chi connectivity index (χ0v) is 10.3. The molecule has 2 rings (SSSR count). The van der Waals surface area contributed by atoms with Crippen molar-refractivity contribution < 1.29 is 0 Å². The lowest BCUT2D eigenvalue weighted by molar-refractivity contribution is 0.379. The van der Waals surface area contributed by atoms with Crippen molar-refractivity contribution >= 4 is 0 Å². The summed E-state index contributed by atoms with van der Waals surface area (Å²) in [4.78, 5) is 0. The van der Waals surface area contributed by atoms with Gasteiger partial charge in [-0.2, -0.15) is 0 Å². The predicted octanol–water partition coefficient (Wildman–Crippen LogP) is 1.39. The molecule has 1 aromatic rings. The molecule has 0 amide bonds. The van der Waals surface area contributed by atoms with Gasteiger partial charge < -0.3 is 10.3 Å². The zero-order chi connectivity index (χ0) is 11.5. The monoisotopic (exact) mass is 222 g/mol. The second-order valence-corrected chi connectivity index (χ2v) is 5.00. The number of fused-ring (bicyclic) bond motifs is 1. The summed E-state index contributed by atoms with van der Waals surface area (Å²) in [5.74, 6) is 3.61. The van der Waals surface area contributed by atoms with Gasteiger partial charge in [-0.3, -0.25) is 0 Å². The first-order chi connectivity index (χ1) is 7.74. The van der Waals surface area contributed by atoms with Crippen LogP contribution in [0.2, 0.25) is 0 Å². The van der Waals surface area contributed by atoms with Gasteiger partial charge in [-0.05, 0) is 24.8 Å². The van der Waals surface area contributed by atoms with E-state index in [0.717, 1.165) is 31.8 Å². The number of nitrogens with zero attached hydrogens (tertiary/aromatic N) is 3. The van der Waals surface area contributed by atoms with Gasteiger partial charge in [0.2, 0.25) is 0 Å². The van der Waals surface area contributed by atoms with Gasteiger partial charge in [-0.25, -0.2) is 0 Å². The molecule has 2 N–H and O–H groups in total. The molecule has 0 saturated heterocycles. The van der Waals surface area contributed by atoms with Crippen LogP contribution in [0.25, 0.3) is 0 Å². The Morgan fingerprint density at radius 3 is 3.00 bits per heavy atom. The molecular formula is C12H22N4. The van der Waals surface area contributed by atoms with Gasteiger partial charge in [0.05, 0.1) is 0 Å². The minimum Gasteiger partial charge on any atom is -0.330 e. The molecule has 0 radical (unpaired) electrons. The first-order valence-electron chi connectivity index (χ1n) is 6.35. The van der Waals surface area contributed by atoms with E-state index < -0.39 is 0 Å². The maximum Gasteiger partial charge on any atom is 0.133 e. The van der Waals surface area contributed by atoms with Gasteiger partial charge >= 0.3 is 0 Å². The summed E-state index contributed by atoms with van der Waals surface area (Å²) >= 11 is 0. The summed E-state index contributed by atoms with van der Waals surface area (Å²) in [5, 5.41) is 8.63. The largest absolute Gasteiger partial charge is 0.330 e. The van der Waals surface area contributed by atoms with Crippen molar-refractivity contribution in [1.29, 1.82) is 0 Å².